The topological polar surface area (TPSA) is 113 Å². The summed E-state index contributed by atoms with van der Waals surface area (Å²) in [6, 6.07) is 10.8. The van der Waals surface area contributed by atoms with E-state index in [9.17, 15) is 18.5 Å². The van der Waals surface area contributed by atoms with Gasteiger partial charge in [-0.3, -0.25) is 14.8 Å². The van der Waals surface area contributed by atoms with E-state index in [-0.39, 0.29) is 17.0 Å². The fourth-order valence-corrected chi connectivity index (χ4v) is 3.58. The molecule has 0 amide bonds. The van der Waals surface area contributed by atoms with Gasteiger partial charge in [0.15, 0.2) is 0 Å². The average molecular weight is 345 g/mol. The highest BCUT2D eigenvalue weighted by Gasteiger charge is 2.22. The van der Waals surface area contributed by atoms with E-state index < -0.39 is 14.9 Å². The summed E-state index contributed by atoms with van der Waals surface area (Å²) >= 11 is 0. The Hall–Kier alpha value is -2.92. The second-order valence-electron chi connectivity index (χ2n) is 5.28. The Balaban J connectivity index is 2.40. The van der Waals surface area contributed by atoms with Crippen molar-refractivity contribution in [1.29, 1.82) is 5.26 Å². The molecule has 0 aliphatic carbocycles. The molecule has 0 aliphatic heterocycles. The molecule has 0 fully saturated rings. The standard InChI is InChI=1S/C16H15N3O4S/c1-11-9-15(19(20)21)10-16(12(11)2)24(22,23)18-14-5-3-13(4-6-14)7-8-17/h3-6,9-10,18H,7H2,1-2H3. The Morgan fingerprint density at radius 1 is 1.21 bits per heavy atom. The minimum atomic E-state index is -3.97. The van der Waals surface area contributed by atoms with Crippen molar-refractivity contribution in [2.24, 2.45) is 0 Å². The van der Waals surface area contributed by atoms with Gasteiger partial charge < -0.3 is 0 Å². The Labute approximate surface area is 139 Å². The van der Waals surface area contributed by atoms with Crippen LogP contribution in [0, 0.1) is 35.3 Å². The molecular formula is C16H15N3O4S. The third-order valence-electron chi connectivity index (χ3n) is 3.59. The molecular weight excluding hydrogens is 330 g/mol. The highest BCUT2D eigenvalue weighted by atomic mass is 32.2. The fourth-order valence-electron chi connectivity index (χ4n) is 2.19. The van der Waals surface area contributed by atoms with Crippen molar-refractivity contribution in [2.75, 3.05) is 4.72 Å². The van der Waals surface area contributed by atoms with E-state index in [0.717, 1.165) is 11.6 Å². The number of anilines is 1. The molecule has 1 N–H and O–H groups in total. The van der Waals surface area contributed by atoms with Crippen LogP contribution in [0.15, 0.2) is 41.3 Å². The van der Waals surface area contributed by atoms with E-state index in [4.69, 9.17) is 5.26 Å². The van der Waals surface area contributed by atoms with Crippen LogP contribution in [0.5, 0.6) is 0 Å². The van der Waals surface area contributed by atoms with Gasteiger partial charge >= 0.3 is 0 Å². The zero-order valence-corrected chi connectivity index (χ0v) is 13.9. The lowest BCUT2D eigenvalue weighted by Crippen LogP contribution is -2.15. The molecule has 24 heavy (non-hydrogen) atoms. The molecule has 0 saturated carbocycles. The van der Waals surface area contributed by atoms with Gasteiger partial charge in [-0.25, -0.2) is 8.42 Å². The minimum Gasteiger partial charge on any atom is -0.280 e. The van der Waals surface area contributed by atoms with Crippen molar-refractivity contribution in [3.05, 3.63) is 63.2 Å². The number of benzene rings is 2. The van der Waals surface area contributed by atoms with Crippen LogP contribution >= 0.6 is 0 Å². The van der Waals surface area contributed by atoms with Gasteiger partial charge in [0.1, 0.15) is 0 Å². The van der Waals surface area contributed by atoms with Crippen LogP contribution in [0.2, 0.25) is 0 Å². The van der Waals surface area contributed by atoms with Gasteiger partial charge in [0, 0.05) is 17.8 Å². The molecule has 0 spiro atoms. The maximum atomic E-state index is 12.6. The minimum absolute atomic E-state index is 0.129. The number of nitro groups is 1. The molecule has 0 unspecified atom stereocenters. The molecule has 8 heteroatoms. The van der Waals surface area contributed by atoms with Crippen molar-refractivity contribution >= 4 is 21.4 Å². The van der Waals surface area contributed by atoms with E-state index >= 15 is 0 Å². The summed E-state index contributed by atoms with van der Waals surface area (Å²) in [7, 11) is -3.97. The molecule has 7 nitrogen and oxygen atoms in total. The van der Waals surface area contributed by atoms with E-state index in [2.05, 4.69) is 4.72 Å². The molecule has 2 rings (SSSR count). The lowest BCUT2D eigenvalue weighted by Gasteiger charge is -2.12. The molecule has 2 aromatic carbocycles. The highest BCUT2D eigenvalue weighted by Crippen LogP contribution is 2.27. The van der Waals surface area contributed by atoms with Gasteiger partial charge in [0.25, 0.3) is 15.7 Å². The van der Waals surface area contributed by atoms with Crippen LogP contribution < -0.4 is 4.72 Å². The van der Waals surface area contributed by atoms with Crippen LogP contribution in [0.1, 0.15) is 16.7 Å². The van der Waals surface area contributed by atoms with Crippen LogP contribution in [-0.2, 0) is 16.4 Å². The maximum absolute atomic E-state index is 12.6. The maximum Gasteiger partial charge on any atom is 0.271 e. The van der Waals surface area contributed by atoms with Gasteiger partial charge in [-0.1, -0.05) is 12.1 Å². The number of nitriles is 1. The van der Waals surface area contributed by atoms with Crippen molar-refractivity contribution in [3.63, 3.8) is 0 Å². The predicted molar refractivity (Wildman–Crippen MR) is 89.1 cm³/mol. The van der Waals surface area contributed by atoms with Crippen molar-refractivity contribution in [2.45, 2.75) is 25.2 Å². The van der Waals surface area contributed by atoms with E-state index in [1.165, 1.54) is 6.07 Å². The number of aryl methyl sites for hydroxylation is 1. The molecule has 0 aliphatic rings. The number of nitrogens with zero attached hydrogens (tertiary/aromatic N) is 2. The SMILES string of the molecule is Cc1cc([N+](=O)[O-])cc(S(=O)(=O)Nc2ccc(CC#N)cc2)c1C. The van der Waals surface area contributed by atoms with Gasteiger partial charge in [-0.2, -0.15) is 5.26 Å². The van der Waals surface area contributed by atoms with E-state index in [1.807, 2.05) is 6.07 Å². The Morgan fingerprint density at radius 2 is 1.83 bits per heavy atom. The Morgan fingerprint density at radius 3 is 2.38 bits per heavy atom. The molecule has 0 atom stereocenters. The smallest absolute Gasteiger partial charge is 0.271 e. The van der Waals surface area contributed by atoms with Crippen LogP contribution in [0.3, 0.4) is 0 Å². The number of hydrogen-bond donors (Lipinski definition) is 1. The molecule has 0 heterocycles. The van der Waals surface area contributed by atoms with E-state index in [1.54, 1.807) is 38.1 Å². The zero-order valence-electron chi connectivity index (χ0n) is 13.1. The second-order valence-corrected chi connectivity index (χ2v) is 6.93. The predicted octanol–water partition coefficient (Wildman–Crippen LogP) is 3.08. The number of hydrogen-bond acceptors (Lipinski definition) is 5. The highest BCUT2D eigenvalue weighted by molar-refractivity contribution is 7.92. The summed E-state index contributed by atoms with van der Waals surface area (Å²) in [6.07, 6.45) is 0.232. The number of rotatable bonds is 5. The summed E-state index contributed by atoms with van der Waals surface area (Å²) in [5, 5.41) is 19.6. The van der Waals surface area contributed by atoms with Crippen LogP contribution in [-0.4, -0.2) is 13.3 Å². The Kier molecular flexibility index (Phi) is 4.85. The average Bonchev–Trinajstić information content (AvgIpc) is 2.51. The van der Waals surface area contributed by atoms with Crippen molar-refractivity contribution in [1.82, 2.24) is 0 Å². The van der Waals surface area contributed by atoms with Gasteiger partial charge in [-0.05, 0) is 42.7 Å². The molecule has 0 aromatic heterocycles. The van der Waals surface area contributed by atoms with Gasteiger partial charge in [0.05, 0.1) is 22.3 Å². The van der Waals surface area contributed by atoms with Crippen molar-refractivity contribution in [3.8, 4) is 6.07 Å². The molecule has 2 aromatic rings. The second kappa shape index (κ2) is 6.68. The molecule has 124 valence electrons. The number of non-ortho nitro benzene ring substituents is 1. The summed E-state index contributed by atoms with van der Waals surface area (Å²) in [6.45, 7) is 3.22. The third-order valence-corrected chi connectivity index (χ3v) is 5.10. The normalized spacial score (nSPS) is 10.9. The first-order chi connectivity index (χ1) is 11.2. The van der Waals surface area contributed by atoms with Crippen LogP contribution in [0.25, 0.3) is 0 Å². The van der Waals surface area contributed by atoms with Gasteiger partial charge in [-0.15, -0.1) is 0 Å². The molecule has 0 radical (unpaired) electrons. The first-order valence-electron chi connectivity index (χ1n) is 6.99. The summed E-state index contributed by atoms with van der Waals surface area (Å²) in [4.78, 5) is 10.2. The number of nitro benzene ring substituents is 1. The van der Waals surface area contributed by atoms with Crippen LogP contribution in [0.4, 0.5) is 11.4 Å². The summed E-state index contributed by atoms with van der Waals surface area (Å²) < 4.78 is 27.6. The molecule has 0 bridgehead atoms. The Bertz CT molecular complexity index is 929. The van der Waals surface area contributed by atoms with Gasteiger partial charge in [0.2, 0.25) is 0 Å². The third kappa shape index (κ3) is 3.70. The summed E-state index contributed by atoms with van der Waals surface area (Å²) in [5.41, 5.74) is 1.79. The fraction of sp³-hybridized carbons (Fsp3) is 0.188. The monoisotopic (exact) mass is 345 g/mol. The quantitative estimate of drug-likeness (QED) is 0.661. The van der Waals surface area contributed by atoms with E-state index in [0.29, 0.717) is 16.8 Å². The number of sulfonamides is 1. The lowest BCUT2D eigenvalue weighted by molar-refractivity contribution is -0.385. The number of nitrogens with one attached hydrogen (secondary N) is 1. The first-order valence-corrected chi connectivity index (χ1v) is 8.47. The first kappa shape index (κ1) is 17.4. The zero-order chi connectivity index (χ0) is 17.9. The molecule has 0 saturated heterocycles. The van der Waals surface area contributed by atoms with Crippen molar-refractivity contribution < 1.29 is 13.3 Å². The largest absolute Gasteiger partial charge is 0.280 e. The summed E-state index contributed by atoms with van der Waals surface area (Å²) in [5.74, 6) is 0. The lowest BCUT2D eigenvalue weighted by atomic mass is 10.1.